The third-order valence-corrected chi connectivity index (χ3v) is 3.64. The number of fused-ring (bicyclic) bond motifs is 3. The number of rotatable bonds is 3. The van der Waals surface area contributed by atoms with Gasteiger partial charge >= 0.3 is 0 Å². The number of hydrogen-bond acceptors (Lipinski definition) is 4. The predicted molar refractivity (Wildman–Crippen MR) is 79.3 cm³/mol. The van der Waals surface area contributed by atoms with Crippen molar-refractivity contribution in [3.8, 4) is 0 Å². The van der Waals surface area contributed by atoms with Gasteiger partial charge in [-0.2, -0.15) is 5.10 Å². The Morgan fingerprint density at radius 2 is 2.00 bits per heavy atom. The molecular weight excluding hydrogens is 302 g/mol. The van der Waals surface area contributed by atoms with E-state index in [1.165, 1.54) is 10.7 Å². The number of nitrogens with zero attached hydrogens (tertiary/aromatic N) is 6. The molecule has 0 unspecified atom stereocenters. The first-order chi connectivity index (χ1) is 11.1. The van der Waals surface area contributed by atoms with Gasteiger partial charge in [0.05, 0.1) is 5.52 Å². The van der Waals surface area contributed by atoms with Crippen molar-refractivity contribution in [3.05, 3.63) is 53.9 Å². The normalized spacial score (nSPS) is 11.8. The first kappa shape index (κ1) is 13.7. The monoisotopic (exact) mass is 314 g/mol. The minimum absolute atomic E-state index is 0.231. The molecule has 0 radical (unpaired) electrons. The Morgan fingerprint density at radius 3 is 2.78 bits per heavy atom. The molecule has 1 aromatic carbocycles. The van der Waals surface area contributed by atoms with Gasteiger partial charge in [-0.3, -0.25) is 4.68 Å². The summed E-state index contributed by atoms with van der Waals surface area (Å²) in [6, 6.07) is 9.00. The molecule has 0 spiro atoms. The Balaban J connectivity index is 1.76. The molecule has 0 aliphatic heterocycles. The van der Waals surface area contributed by atoms with Gasteiger partial charge in [0.15, 0.2) is 11.5 Å². The molecule has 3 aromatic heterocycles. The smallest absolute Gasteiger partial charge is 0.262 e. The summed E-state index contributed by atoms with van der Waals surface area (Å²) in [4.78, 5) is 8.81. The third kappa shape index (κ3) is 2.32. The molecule has 0 bridgehead atoms. The van der Waals surface area contributed by atoms with Crippen LogP contribution in [-0.4, -0.2) is 29.4 Å². The molecule has 4 rings (SSSR count). The van der Waals surface area contributed by atoms with Crippen LogP contribution >= 0.6 is 0 Å². The molecule has 0 N–H and O–H groups in total. The zero-order valence-electron chi connectivity index (χ0n) is 12.2. The van der Waals surface area contributed by atoms with Crippen LogP contribution in [0.15, 0.2) is 36.7 Å². The second-order valence-electron chi connectivity index (χ2n) is 5.23. The quantitative estimate of drug-likeness (QED) is 0.583. The Labute approximate surface area is 129 Å². The van der Waals surface area contributed by atoms with Crippen LogP contribution < -0.4 is 0 Å². The lowest BCUT2D eigenvalue weighted by Crippen LogP contribution is -2.06. The molecule has 0 amide bonds. The van der Waals surface area contributed by atoms with E-state index in [0.717, 1.165) is 10.9 Å². The minimum atomic E-state index is -2.59. The van der Waals surface area contributed by atoms with Gasteiger partial charge in [-0.1, -0.05) is 12.1 Å². The van der Waals surface area contributed by atoms with Gasteiger partial charge in [0.2, 0.25) is 0 Å². The number of aromatic nitrogens is 6. The maximum Gasteiger partial charge on any atom is 0.282 e. The van der Waals surface area contributed by atoms with Crippen molar-refractivity contribution >= 4 is 16.6 Å². The van der Waals surface area contributed by atoms with Crippen molar-refractivity contribution < 1.29 is 8.78 Å². The lowest BCUT2D eigenvalue weighted by molar-refractivity contribution is 0.145. The van der Waals surface area contributed by atoms with Crippen LogP contribution in [0.4, 0.5) is 8.78 Å². The van der Waals surface area contributed by atoms with Gasteiger partial charge in [-0.15, -0.1) is 5.10 Å². The number of hydrogen-bond donors (Lipinski definition) is 0. The fourth-order valence-electron chi connectivity index (χ4n) is 2.53. The summed E-state index contributed by atoms with van der Waals surface area (Å²) in [5.41, 5.74) is 1.92. The van der Waals surface area contributed by atoms with Crippen LogP contribution in [0.1, 0.15) is 23.6 Å². The summed E-state index contributed by atoms with van der Waals surface area (Å²) >= 11 is 0. The Bertz CT molecular complexity index is 1000. The van der Waals surface area contributed by atoms with E-state index in [1.807, 2.05) is 24.3 Å². The molecule has 8 heteroatoms. The molecule has 0 saturated heterocycles. The van der Waals surface area contributed by atoms with E-state index < -0.39 is 6.43 Å². The average molecular weight is 314 g/mol. The van der Waals surface area contributed by atoms with Gasteiger partial charge in [-0.05, 0) is 25.1 Å². The number of aryl methyl sites for hydroxylation is 1. The first-order valence-electron chi connectivity index (χ1n) is 7.03. The summed E-state index contributed by atoms with van der Waals surface area (Å²) < 4.78 is 28.5. The van der Waals surface area contributed by atoms with Crippen molar-refractivity contribution in [1.82, 2.24) is 29.4 Å². The molecule has 23 heavy (non-hydrogen) atoms. The van der Waals surface area contributed by atoms with E-state index in [2.05, 4.69) is 20.2 Å². The van der Waals surface area contributed by atoms with Gasteiger partial charge in [0.1, 0.15) is 18.6 Å². The minimum Gasteiger partial charge on any atom is -0.262 e. The number of alkyl halides is 2. The second-order valence-corrected chi connectivity index (χ2v) is 5.23. The molecule has 3 heterocycles. The SMILES string of the molecule is Cc1cc(C(F)F)nn1Cc1nc2c3ccccc3ncn2n1. The molecule has 0 fully saturated rings. The van der Waals surface area contributed by atoms with Gasteiger partial charge in [0.25, 0.3) is 6.43 Å². The van der Waals surface area contributed by atoms with E-state index in [-0.39, 0.29) is 12.2 Å². The Kier molecular flexibility index (Phi) is 3.03. The van der Waals surface area contributed by atoms with Crippen molar-refractivity contribution in [1.29, 1.82) is 0 Å². The van der Waals surface area contributed by atoms with Crippen LogP contribution in [-0.2, 0) is 6.54 Å². The van der Waals surface area contributed by atoms with Crippen LogP contribution in [0.3, 0.4) is 0 Å². The summed E-state index contributed by atoms with van der Waals surface area (Å²) in [6.45, 7) is 1.96. The van der Waals surface area contributed by atoms with Crippen LogP contribution in [0.2, 0.25) is 0 Å². The van der Waals surface area contributed by atoms with Crippen molar-refractivity contribution in [2.75, 3.05) is 0 Å². The molecule has 0 aliphatic rings. The maximum atomic E-state index is 12.7. The molecule has 116 valence electrons. The van der Waals surface area contributed by atoms with Gasteiger partial charge in [0, 0.05) is 11.1 Å². The number of para-hydroxylation sites is 1. The van der Waals surface area contributed by atoms with Gasteiger partial charge in [-0.25, -0.2) is 23.3 Å². The van der Waals surface area contributed by atoms with E-state index in [9.17, 15) is 8.78 Å². The summed E-state index contributed by atoms with van der Waals surface area (Å²) in [6.07, 6.45) is -0.994. The highest BCUT2D eigenvalue weighted by Gasteiger charge is 2.15. The Morgan fingerprint density at radius 1 is 1.17 bits per heavy atom. The van der Waals surface area contributed by atoms with E-state index >= 15 is 0 Å². The second kappa shape index (κ2) is 5.08. The van der Waals surface area contributed by atoms with Crippen LogP contribution in [0.25, 0.3) is 16.6 Å². The molecular formula is C15H12F2N6. The fourth-order valence-corrected chi connectivity index (χ4v) is 2.53. The molecule has 0 saturated carbocycles. The topological polar surface area (TPSA) is 60.9 Å². The summed E-state index contributed by atoms with van der Waals surface area (Å²) in [5.74, 6) is 0.496. The standard InChI is InChI=1S/C15H12F2N6/c1-9-6-12(14(16)17)20-22(9)7-13-19-15-10-4-2-3-5-11(10)18-8-23(15)21-13/h2-6,8,14H,7H2,1H3. The van der Waals surface area contributed by atoms with E-state index in [4.69, 9.17) is 0 Å². The predicted octanol–water partition coefficient (Wildman–Crippen LogP) is 2.77. The van der Waals surface area contributed by atoms with Crippen LogP contribution in [0, 0.1) is 6.92 Å². The zero-order chi connectivity index (χ0) is 16.0. The first-order valence-corrected chi connectivity index (χ1v) is 7.03. The lowest BCUT2D eigenvalue weighted by atomic mass is 10.2. The molecule has 0 aliphatic carbocycles. The zero-order valence-corrected chi connectivity index (χ0v) is 12.2. The number of benzene rings is 1. The number of halogens is 2. The average Bonchev–Trinajstić information content (AvgIpc) is 3.11. The fraction of sp³-hybridized carbons (Fsp3) is 0.200. The lowest BCUT2D eigenvalue weighted by Gasteiger charge is -1.99. The van der Waals surface area contributed by atoms with E-state index in [0.29, 0.717) is 17.2 Å². The summed E-state index contributed by atoms with van der Waals surface area (Å²) in [7, 11) is 0. The molecule has 4 aromatic rings. The highest BCUT2D eigenvalue weighted by molar-refractivity contribution is 5.90. The van der Waals surface area contributed by atoms with Crippen LogP contribution in [0.5, 0.6) is 0 Å². The Hall–Kier alpha value is -2.90. The maximum absolute atomic E-state index is 12.7. The van der Waals surface area contributed by atoms with Crippen molar-refractivity contribution in [2.24, 2.45) is 0 Å². The molecule has 6 nitrogen and oxygen atoms in total. The largest absolute Gasteiger partial charge is 0.282 e. The third-order valence-electron chi connectivity index (χ3n) is 3.64. The highest BCUT2D eigenvalue weighted by Crippen LogP contribution is 2.19. The van der Waals surface area contributed by atoms with E-state index in [1.54, 1.807) is 17.8 Å². The van der Waals surface area contributed by atoms with Crippen molar-refractivity contribution in [2.45, 2.75) is 19.9 Å². The molecule has 0 atom stereocenters. The van der Waals surface area contributed by atoms with Crippen molar-refractivity contribution in [3.63, 3.8) is 0 Å². The highest BCUT2D eigenvalue weighted by atomic mass is 19.3. The van der Waals surface area contributed by atoms with Gasteiger partial charge < -0.3 is 0 Å². The summed E-state index contributed by atoms with van der Waals surface area (Å²) in [5, 5.41) is 9.14.